The van der Waals surface area contributed by atoms with Gasteiger partial charge in [-0.1, -0.05) is 51.4 Å². The number of ether oxygens (including phenoxy) is 1. The Hall–Kier alpha value is -2.83. The third-order valence-electron chi connectivity index (χ3n) is 6.56. The van der Waals surface area contributed by atoms with Gasteiger partial charge in [-0.25, -0.2) is 0 Å². The molecule has 1 aliphatic heterocycles. The number of Topliss-reactive ketones (excluding diaryl/α,β-unsaturated/α-hetero) is 1. The third kappa shape index (κ3) is 6.68. The van der Waals surface area contributed by atoms with Gasteiger partial charge in [-0.15, -0.1) is 0 Å². The van der Waals surface area contributed by atoms with Gasteiger partial charge in [0.1, 0.15) is 11.5 Å². The van der Waals surface area contributed by atoms with E-state index >= 15 is 0 Å². The van der Waals surface area contributed by atoms with E-state index in [1.54, 1.807) is 29.2 Å². The Labute approximate surface area is 219 Å². The minimum Gasteiger partial charge on any atom is -0.507 e. The molecular weight excluding hydrogens is 476 g/mol. The molecule has 1 N–H and O–H groups in total. The van der Waals surface area contributed by atoms with Gasteiger partial charge in [0, 0.05) is 17.1 Å². The highest BCUT2D eigenvalue weighted by Crippen LogP contribution is 2.40. The zero-order chi connectivity index (χ0) is 26.2. The second kappa shape index (κ2) is 12.9. The van der Waals surface area contributed by atoms with Gasteiger partial charge >= 0.3 is 0 Å². The van der Waals surface area contributed by atoms with Crippen LogP contribution in [0.2, 0.25) is 5.02 Å². The van der Waals surface area contributed by atoms with Crippen LogP contribution in [0.15, 0.2) is 54.1 Å². The Balaban J connectivity index is 1.99. The molecule has 1 atom stereocenters. The number of hydrogen-bond donors (Lipinski definition) is 1. The smallest absolute Gasteiger partial charge is 0.295 e. The fraction of sp³-hybridized carbons (Fsp3) is 0.448. The standard InChI is InChI=1S/C29H37ClN2O4/c1-5-31(6-2)16-8-17-32-26(22-9-7-10-24(19-22)36-18-15-20(3)4)25(28(34)29(32)35)27(33)21-11-13-23(30)14-12-21/h7,9-14,19-20,26,33H,5-6,8,15-18H2,1-4H3/b27-25+. The molecule has 1 unspecified atom stereocenters. The van der Waals surface area contributed by atoms with Crippen molar-refractivity contribution in [1.29, 1.82) is 0 Å². The molecule has 0 saturated carbocycles. The summed E-state index contributed by atoms with van der Waals surface area (Å²) < 4.78 is 5.95. The van der Waals surface area contributed by atoms with Crippen molar-refractivity contribution in [3.63, 3.8) is 0 Å². The van der Waals surface area contributed by atoms with E-state index in [0.29, 0.717) is 35.4 Å². The van der Waals surface area contributed by atoms with Crippen molar-refractivity contribution < 1.29 is 19.4 Å². The molecule has 36 heavy (non-hydrogen) atoms. The number of rotatable bonds is 12. The van der Waals surface area contributed by atoms with Crippen molar-refractivity contribution in [3.05, 3.63) is 70.3 Å². The number of nitrogens with zero attached hydrogens (tertiary/aromatic N) is 2. The topological polar surface area (TPSA) is 70.1 Å². The highest BCUT2D eigenvalue weighted by Gasteiger charge is 2.45. The minimum absolute atomic E-state index is 0.0875. The lowest BCUT2D eigenvalue weighted by Crippen LogP contribution is -2.33. The Kier molecular flexibility index (Phi) is 9.97. The summed E-state index contributed by atoms with van der Waals surface area (Å²) in [7, 11) is 0. The molecule has 1 heterocycles. The van der Waals surface area contributed by atoms with E-state index in [2.05, 4.69) is 32.6 Å². The first-order valence-corrected chi connectivity index (χ1v) is 13.1. The van der Waals surface area contributed by atoms with E-state index in [9.17, 15) is 14.7 Å². The zero-order valence-electron chi connectivity index (χ0n) is 21.7. The van der Waals surface area contributed by atoms with Gasteiger partial charge in [0.05, 0.1) is 18.2 Å². The predicted octanol–water partition coefficient (Wildman–Crippen LogP) is 5.92. The first-order valence-electron chi connectivity index (χ1n) is 12.8. The monoisotopic (exact) mass is 512 g/mol. The molecule has 1 aliphatic rings. The van der Waals surface area contributed by atoms with Gasteiger partial charge in [0.25, 0.3) is 11.7 Å². The predicted molar refractivity (Wildman–Crippen MR) is 144 cm³/mol. The Morgan fingerprint density at radius 1 is 1.11 bits per heavy atom. The first kappa shape index (κ1) is 27.8. The summed E-state index contributed by atoms with van der Waals surface area (Å²) in [4.78, 5) is 30.3. The van der Waals surface area contributed by atoms with Crippen LogP contribution in [0.1, 0.15) is 57.7 Å². The number of carbonyl (C=O) groups is 2. The van der Waals surface area contributed by atoms with Gasteiger partial charge in [-0.3, -0.25) is 9.59 Å². The van der Waals surface area contributed by atoms with Crippen molar-refractivity contribution in [2.45, 2.75) is 46.6 Å². The van der Waals surface area contributed by atoms with Gasteiger partial charge < -0.3 is 19.6 Å². The molecule has 1 saturated heterocycles. The molecule has 2 aromatic rings. The third-order valence-corrected chi connectivity index (χ3v) is 6.82. The van der Waals surface area contributed by atoms with E-state index in [0.717, 1.165) is 38.0 Å². The quantitative estimate of drug-likeness (QED) is 0.217. The summed E-state index contributed by atoms with van der Waals surface area (Å²) in [6.07, 6.45) is 1.64. The van der Waals surface area contributed by atoms with Crippen LogP contribution in [-0.4, -0.2) is 59.4 Å². The van der Waals surface area contributed by atoms with Gasteiger partial charge in [-0.05, 0) is 80.4 Å². The maximum atomic E-state index is 13.2. The lowest BCUT2D eigenvalue weighted by Gasteiger charge is -2.27. The fourth-order valence-corrected chi connectivity index (χ4v) is 4.54. The summed E-state index contributed by atoms with van der Waals surface area (Å²) in [5.41, 5.74) is 1.26. The van der Waals surface area contributed by atoms with E-state index in [-0.39, 0.29) is 11.3 Å². The van der Waals surface area contributed by atoms with E-state index in [1.165, 1.54) is 0 Å². The Morgan fingerprint density at radius 2 is 1.81 bits per heavy atom. The Bertz CT molecular complexity index is 1080. The molecule has 194 valence electrons. The minimum atomic E-state index is -0.703. The number of carbonyl (C=O) groups excluding carboxylic acids is 2. The largest absolute Gasteiger partial charge is 0.507 e. The molecule has 7 heteroatoms. The second-order valence-electron chi connectivity index (χ2n) is 9.48. The number of halogens is 1. The van der Waals surface area contributed by atoms with E-state index < -0.39 is 17.7 Å². The average Bonchev–Trinajstić information content (AvgIpc) is 3.11. The number of hydrogen-bond acceptors (Lipinski definition) is 5. The number of ketones is 1. The lowest BCUT2D eigenvalue weighted by molar-refractivity contribution is -0.140. The molecule has 0 spiro atoms. The number of likely N-dealkylation sites (tertiary alicyclic amines) is 1. The van der Waals surface area contributed by atoms with E-state index in [1.807, 2.05) is 24.3 Å². The summed E-state index contributed by atoms with van der Waals surface area (Å²) in [6, 6.07) is 13.4. The van der Waals surface area contributed by atoms with Crippen LogP contribution >= 0.6 is 11.6 Å². The van der Waals surface area contributed by atoms with Crippen molar-refractivity contribution in [1.82, 2.24) is 9.80 Å². The lowest BCUT2D eigenvalue weighted by atomic mass is 9.95. The second-order valence-corrected chi connectivity index (χ2v) is 9.92. The van der Waals surface area contributed by atoms with Gasteiger partial charge in [0.15, 0.2) is 0 Å². The van der Waals surface area contributed by atoms with Gasteiger partial charge in [-0.2, -0.15) is 0 Å². The van der Waals surface area contributed by atoms with Crippen LogP contribution in [0.25, 0.3) is 5.76 Å². The maximum absolute atomic E-state index is 13.2. The molecule has 1 amide bonds. The number of aliphatic hydroxyl groups excluding tert-OH is 1. The normalized spacial score (nSPS) is 17.4. The van der Waals surface area contributed by atoms with Gasteiger partial charge in [0.2, 0.25) is 0 Å². The average molecular weight is 513 g/mol. The molecular formula is C29H37ClN2O4. The maximum Gasteiger partial charge on any atom is 0.295 e. The zero-order valence-corrected chi connectivity index (χ0v) is 22.4. The summed E-state index contributed by atoms with van der Waals surface area (Å²) in [6.45, 7) is 12.1. The van der Waals surface area contributed by atoms with Crippen LogP contribution in [0.4, 0.5) is 0 Å². The van der Waals surface area contributed by atoms with Crippen LogP contribution in [0.3, 0.4) is 0 Å². The molecule has 1 fully saturated rings. The van der Waals surface area contributed by atoms with Crippen LogP contribution in [-0.2, 0) is 9.59 Å². The molecule has 2 aromatic carbocycles. The first-order chi connectivity index (χ1) is 17.3. The summed E-state index contributed by atoms with van der Waals surface area (Å²) in [5.74, 6) is -0.284. The van der Waals surface area contributed by atoms with Crippen LogP contribution in [0.5, 0.6) is 5.75 Å². The highest BCUT2D eigenvalue weighted by molar-refractivity contribution is 6.46. The van der Waals surface area contributed by atoms with Crippen LogP contribution < -0.4 is 4.74 Å². The number of amides is 1. The molecule has 0 aromatic heterocycles. The van der Waals surface area contributed by atoms with Crippen LogP contribution in [0, 0.1) is 5.92 Å². The van der Waals surface area contributed by atoms with Crippen molar-refractivity contribution in [2.75, 3.05) is 32.8 Å². The Morgan fingerprint density at radius 3 is 2.44 bits per heavy atom. The molecule has 3 rings (SSSR count). The molecule has 0 radical (unpaired) electrons. The van der Waals surface area contributed by atoms with Crippen molar-refractivity contribution in [3.8, 4) is 5.75 Å². The van der Waals surface area contributed by atoms with E-state index in [4.69, 9.17) is 16.3 Å². The highest BCUT2D eigenvalue weighted by atomic mass is 35.5. The summed E-state index contributed by atoms with van der Waals surface area (Å²) >= 11 is 6.02. The number of aliphatic hydroxyl groups is 1. The van der Waals surface area contributed by atoms with Crippen molar-refractivity contribution in [2.24, 2.45) is 5.92 Å². The molecule has 6 nitrogen and oxygen atoms in total. The van der Waals surface area contributed by atoms with Crippen molar-refractivity contribution >= 4 is 29.1 Å². The summed E-state index contributed by atoms with van der Waals surface area (Å²) in [5, 5.41) is 11.7. The molecule has 0 aliphatic carbocycles. The fourth-order valence-electron chi connectivity index (χ4n) is 4.41. The SMILES string of the molecule is CCN(CC)CCCN1C(=O)C(=O)/C(=C(/O)c2ccc(Cl)cc2)C1c1cccc(OCCC(C)C)c1. The molecule has 0 bridgehead atoms. The number of benzene rings is 2.